The fourth-order valence-corrected chi connectivity index (χ4v) is 2.42. The number of rotatable bonds is 3. The second-order valence-corrected chi connectivity index (χ2v) is 5.79. The van der Waals surface area contributed by atoms with Crippen molar-refractivity contribution >= 4 is 32.7 Å². The van der Waals surface area contributed by atoms with Crippen LogP contribution in [0, 0.1) is 13.8 Å². The van der Waals surface area contributed by atoms with Crippen LogP contribution in [0.15, 0.2) is 39.2 Å². The SMILES string of the molecule is Cc1cc(OCc2nc3cc(N)ccc3o2)cc(C)c1Br. The minimum atomic E-state index is 0.287. The van der Waals surface area contributed by atoms with E-state index in [-0.39, 0.29) is 6.61 Å². The van der Waals surface area contributed by atoms with Crippen LogP contribution in [0.4, 0.5) is 5.69 Å². The Morgan fingerprint density at radius 1 is 1.19 bits per heavy atom. The maximum Gasteiger partial charge on any atom is 0.233 e. The van der Waals surface area contributed by atoms with Crippen molar-refractivity contribution in [2.24, 2.45) is 0 Å². The zero-order chi connectivity index (χ0) is 15.0. The fourth-order valence-electron chi connectivity index (χ4n) is 2.19. The lowest BCUT2D eigenvalue weighted by Gasteiger charge is -2.08. The molecule has 0 aliphatic heterocycles. The molecule has 0 bridgehead atoms. The van der Waals surface area contributed by atoms with Gasteiger partial charge in [-0.15, -0.1) is 0 Å². The molecular formula is C16H15BrN2O2. The average molecular weight is 347 g/mol. The van der Waals surface area contributed by atoms with Crippen molar-refractivity contribution in [3.8, 4) is 5.75 Å². The maximum absolute atomic E-state index is 5.76. The zero-order valence-corrected chi connectivity index (χ0v) is 13.4. The van der Waals surface area contributed by atoms with E-state index < -0.39 is 0 Å². The number of hydrogen-bond acceptors (Lipinski definition) is 4. The Labute approximate surface area is 131 Å². The average Bonchev–Trinajstić information content (AvgIpc) is 2.84. The number of nitrogens with zero attached hydrogens (tertiary/aromatic N) is 1. The first kappa shape index (κ1) is 13.9. The van der Waals surface area contributed by atoms with Gasteiger partial charge >= 0.3 is 0 Å². The van der Waals surface area contributed by atoms with Crippen molar-refractivity contribution in [3.63, 3.8) is 0 Å². The Kier molecular flexibility index (Phi) is 3.59. The van der Waals surface area contributed by atoms with Gasteiger partial charge in [0.05, 0.1) is 0 Å². The van der Waals surface area contributed by atoms with E-state index in [0.29, 0.717) is 17.2 Å². The van der Waals surface area contributed by atoms with E-state index in [4.69, 9.17) is 14.9 Å². The fraction of sp³-hybridized carbons (Fsp3) is 0.188. The van der Waals surface area contributed by atoms with Crippen LogP contribution < -0.4 is 10.5 Å². The van der Waals surface area contributed by atoms with Crippen LogP contribution in [0.25, 0.3) is 11.1 Å². The van der Waals surface area contributed by atoms with Crippen molar-refractivity contribution < 1.29 is 9.15 Å². The van der Waals surface area contributed by atoms with Crippen molar-refractivity contribution in [1.82, 2.24) is 4.98 Å². The third-order valence-corrected chi connectivity index (χ3v) is 4.48. The molecular weight excluding hydrogens is 332 g/mol. The highest BCUT2D eigenvalue weighted by Gasteiger charge is 2.08. The molecule has 0 atom stereocenters. The van der Waals surface area contributed by atoms with Crippen LogP contribution in [0.3, 0.4) is 0 Å². The molecule has 0 aliphatic rings. The summed E-state index contributed by atoms with van der Waals surface area (Å²) in [6.45, 7) is 4.35. The minimum absolute atomic E-state index is 0.287. The maximum atomic E-state index is 5.76. The molecule has 3 rings (SSSR count). The number of nitrogen functional groups attached to an aromatic ring is 1. The van der Waals surface area contributed by atoms with Crippen LogP contribution in [-0.4, -0.2) is 4.98 Å². The van der Waals surface area contributed by atoms with Gasteiger partial charge in [-0.1, -0.05) is 15.9 Å². The van der Waals surface area contributed by atoms with Crippen molar-refractivity contribution in [1.29, 1.82) is 0 Å². The van der Waals surface area contributed by atoms with E-state index in [1.807, 2.05) is 32.0 Å². The molecule has 0 radical (unpaired) electrons. The molecule has 3 aromatic rings. The Bertz CT molecular complexity index is 788. The molecule has 0 saturated heterocycles. The Hall–Kier alpha value is -2.01. The van der Waals surface area contributed by atoms with Gasteiger partial charge in [-0.25, -0.2) is 4.98 Å². The molecule has 0 saturated carbocycles. The van der Waals surface area contributed by atoms with Gasteiger partial charge in [-0.05, 0) is 55.3 Å². The van der Waals surface area contributed by atoms with Gasteiger partial charge in [-0.2, -0.15) is 0 Å². The monoisotopic (exact) mass is 346 g/mol. The molecule has 2 aromatic carbocycles. The molecule has 0 unspecified atom stereocenters. The molecule has 1 heterocycles. The number of ether oxygens (including phenoxy) is 1. The van der Waals surface area contributed by atoms with Gasteiger partial charge in [-0.3, -0.25) is 0 Å². The summed E-state index contributed by atoms with van der Waals surface area (Å²) in [5, 5.41) is 0. The minimum Gasteiger partial charge on any atom is -0.484 e. The van der Waals surface area contributed by atoms with E-state index >= 15 is 0 Å². The van der Waals surface area contributed by atoms with Gasteiger partial charge in [0.15, 0.2) is 12.2 Å². The topological polar surface area (TPSA) is 61.3 Å². The number of fused-ring (bicyclic) bond motifs is 1. The first-order chi connectivity index (χ1) is 10.0. The lowest BCUT2D eigenvalue weighted by Crippen LogP contribution is -1.96. The predicted molar refractivity (Wildman–Crippen MR) is 86.4 cm³/mol. The first-order valence-corrected chi connectivity index (χ1v) is 7.37. The summed E-state index contributed by atoms with van der Waals surface area (Å²) in [6, 6.07) is 9.36. The smallest absolute Gasteiger partial charge is 0.233 e. The van der Waals surface area contributed by atoms with E-state index in [1.165, 1.54) is 0 Å². The summed E-state index contributed by atoms with van der Waals surface area (Å²) in [5.41, 5.74) is 10.1. The van der Waals surface area contributed by atoms with Crippen molar-refractivity contribution in [2.75, 3.05) is 5.73 Å². The molecule has 0 fully saturated rings. The van der Waals surface area contributed by atoms with E-state index in [2.05, 4.69) is 20.9 Å². The number of nitrogens with two attached hydrogens (primary N) is 1. The number of oxazole rings is 1. The number of aryl methyl sites for hydroxylation is 2. The first-order valence-electron chi connectivity index (χ1n) is 6.57. The highest BCUT2D eigenvalue weighted by Crippen LogP contribution is 2.27. The van der Waals surface area contributed by atoms with E-state index in [9.17, 15) is 0 Å². The molecule has 5 heteroatoms. The van der Waals surface area contributed by atoms with Gasteiger partial charge in [0, 0.05) is 10.2 Å². The number of benzene rings is 2. The number of hydrogen-bond donors (Lipinski definition) is 1. The molecule has 1 aromatic heterocycles. The normalized spacial score (nSPS) is 11.0. The van der Waals surface area contributed by atoms with Gasteiger partial charge in [0.1, 0.15) is 11.3 Å². The third-order valence-electron chi connectivity index (χ3n) is 3.23. The summed E-state index contributed by atoms with van der Waals surface area (Å²) >= 11 is 3.54. The van der Waals surface area contributed by atoms with E-state index in [0.717, 1.165) is 26.9 Å². The van der Waals surface area contributed by atoms with Gasteiger partial charge < -0.3 is 14.9 Å². The molecule has 0 aliphatic carbocycles. The largest absolute Gasteiger partial charge is 0.484 e. The number of halogens is 1. The van der Waals surface area contributed by atoms with E-state index in [1.54, 1.807) is 12.1 Å². The van der Waals surface area contributed by atoms with Gasteiger partial charge in [0.2, 0.25) is 5.89 Å². The standard InChI is InChI=1S/C16H15BrN2O2/c1-9-5-12(6-10(2)16(9)17)20-8-15-19-13-7-11(18)3-4-14(13)21-15/h3-7H,8,18H2,1-2H3. The van der Waals surface area contributed by atoms with Crippen molar-refractivity contribution in [2.45, 2.75) is 20.5 Å². The summed E-state index contributed by atoms with van der Waals surface area (Å²) in [6.07, 6.45) is 0. The Morgan fingerprint density at radius 3 is 2.62 bits per heavy atom. The summed E-state index contributed by atoms with van der Waals surface area (Å²) in [5.74, 6) is 1.34. The number of anilines is 1. The van der Waals surface area contributed by atoms with Gasteiger partial charge in [0.25, 0.3) is 0 Å². The van der Waals surface area contributed by atoms with Crippen LogP contribution in [0.1, 0.15) is 17.0 Å². The molecule has 0 spiro atoms. The molecule has 4 nitrogen and oxygen atoms in total. The lowest BCUT2D eigenvalue weighted by molar-refractivity contribution is 0.267. The summed E-state index contributed by atoms with van der Waals surface area (Å²) in [7, 11) is 0. The van der Waals surface area contributed by atoms with Crippen LogP contribution in [0.2, 0.25) is 0 Å². The van der Waals surface area contributed by atoms with Crippen LogP contribution in [0.5, 0.6) is 5.75 Å². The van der Waals surface area contributed by atoms with Crippen molar-refractivity contribution in [3.05, 3.63) is 51.8 Å². The highest BCUT2D eigenvalue weighted by atomic mass is 79.9. The second-order valence-electron chi connectivity index (χ2n) is 4.99. The summed E-state index contributed by atoms with van der Waals surface area (Å²) < 4.78 is 12.5. The number of aromatic nitrogens is 1. The van der Waals surface area contributed by atoms with Crippen LogP contribution in [-0.2, 0) is 6.61 Å². The summed E-state index contributed by atoms with van der Waals surface area (Å²) in [4.78, 5) is 4.37. The Morgan fingerprint density at radius 2 is 1.90 bits per heavy atom. The highest BCUT2D eigenvalue weighted by molar-refractivity contribution is 9.10. The molecule has 0 amide bonds. The third kappa shape index (κ3) is 2.88. The zero-order valence-electron chi connectivity index (χ0n) is 11.8. The molecule has 21 heavy (non-hydrogen) atoms. The quantitative estimate of drug-likeness (QED) is 0.715. The predicted octanol–water partition coefficient (Wildman–Crippen LogP) is 4.37. The van der Waals surface area contributed by atoms with Crippen LogP contribution >= 0.6 is 15.9 Å². The second kappa shape index (κ2) is 5.41. The Balaban J connectivity index is 1.80. The lowest BCUT2D eigenvalue weighted by atomic mass is 10.1. The molecule has 108 valence electrons. The molecule has 2 N–H and O–H groups in total.